The number of hydrogen-bond donors (Lipinski definition) is 1. The molecule has 0 aliphatic carbocycles. The van der Waals surface area contributed by atoms with Gasteiger partial charge in [0.25, 0.3) is 0 Å². The number of aromatic nitrogens is 1. The van der Waals surface area contributed by atoms with Crippen LogP contribution in [0.25, 0.3) is 0 Å². The zero-order valence-corrected chi connectivity index (χ0v) is 16.4. The van der Waals surface area contributed by atoms with Crippen LogP contribution in [0.3, 0.4) is 0 Å². The van der Waals surface area contributed by atoms with E-state index in [1.807, 2.05) is 0 Å². The summed E-state index contributed by atoms with van der Waals surface area (Å²) in [5.74, 6) is 0. The molecule has 1 atom stereocenters. The summed E-state index contributed by atoms with van der Waals surface area (Å²) in [5, 5.41) is 0. The number of amides is 1. The third kappa shape index (κ3) is 5.42. The normalized spacial score (nSPS) is 19.2. The molecule has 1 aliphatic heterocycles. The van der Waals surface area contributed by atoms with E-state index in [0.717, 1.165) is 0 Å². The number of nitrogens with zero attached hydrogens (tertiary/aromatic N) is 2. The monoisotopic (exact) mass is 419 g/mol. The van der Waals surface area contributed by atoms with Crippen molar-refractivity contribution in [2.75, 3.05) is 13.1 Å². The predicted octanol–water partition coefficient (Wildman–Crippen LogP) is 2.52. The molecule has 0 bridgehead atoms. The molecule has 1 aromatic heterocycles. The van der Waals surface area contributed by atoms with Crippen LogP contribution in [0.15, 0.2) is 27.8 Å². The van der Waals surface area contributed by atoms with Gasteiger partial charge in [0, 0.05) is 36.0 Å². The summed E-state index contributed by atoms with van der Waals surface area (Å²) in [5.41, 5.74) is -0.578. The van der Waals surface area contributed by atoms with Gasteiger partial charge in [0.15, 0.2) is 0 Å². The van der Waals surface area contributed by atoms with E-state index >= 15 is 0 Å². The van der Waals surface area contributed by atoms with E-state index in [1.165, 1.54) is 18.5 Å². The van der Waals surface area contributed by atoms with E-state index in [0.29, 0.717) is 23.9 Å². The van der Waals surface area contributed by atoms with Crippen molar-refractivity contribution in [2.24, 2.45) is 0 Å². The molecule has 0 spiro atoms. The second-order valence-corrected chi connectivity index (χ2v) is 9.36. The van der Waals surface area contributed by atoms with Crippen LogP contribution in [0, 0.1) is 0 Å². The number of ether oxygens (including phenoxy) is 1. The lowest BCUT2D eigenvalue weighted by molar-refractivity contribution is 0.0195. The highest BCUT2D eigenvalue weighted by Gasteiger charge is 2.30. The Balaban J connectivity index is 2.03. The molecule has 1 unspecified atom stereocenters. The molecular formula is C15H22BrN3O4S. The van der Waals surface area contributed by atoms with Crippen molar-refractivity contribution < 1.29 is 17.9 Å². The van der Waals surface area contributed by atoms with Crippen LogP contribution < -0.4 is 4.72 Å². The molecule has 9 heteroatoms. The summed E-state index contributed by atoms with van der Waals surface area (Å²) >= 11 is 3.21. The number of sulfonamides is 1. The molecule has 0 aromatic carbocycles. The van der Waals surface area contributed by atoms with Crippen LogP contribution in [0.4, 0.5) is 4.79 Å². The topological polar surface area (TPSA) is 88.6 Å². The first-order valence-corrected chi connectivity index (χ1v) is 9.95. The fraction of sp³-hybridized carbons (Fsp3) is 0.600. The molecule has 0 radical (unpaired) electrons. The highest BCUT2D eigenvalue weighted by Crippen LogP contribution is 2.18. The number of likely N-dealkylation sites (tertiary alicyclic amines) is 1. The van der Waals surface area contributed by atoms with Crippen LogP contribution in [0.2, 0.25) is 0 Å². The van der Waals surface area contributed by atoms with Crippen LogP contribution in [-0.4, -0.2) is 49.1 Å². The number of nitrogens with one attached hydrogen (secondary N) is 1. The average molecular weight is 420 g/mol. The first kappa shape index (κ1) is 19.1. The Morgan fingerprint density at radius 1 is 1.42 bits per heavy atom. The van der Waals surface area contributed by atoms with E-state index in [2.05, 4.69) is 25.6 Å². The van der Waals surface area contributed by atoms with Gasteiger partial charge in [-0.05, 0) is 55.6 Å². The number of pyridine rings is 1. The van der Waals surface area contributed by atoms with Crippen molar-refractivity contribution in [2.45, 2.75) is 50.2 Å². The van der Waals surface area contributed by atoms with Gasteiger partial charge in [-0.1, -0.05) is 0 Å². The van der Waals surface area contributed by atoms with Gasteiger partial charge >= 0.3 is 6.09 Å². The summed E-state index contributed by atoms with van der Waals surface area (Å²) in [6.45, 7) is 6.25. The highest BCUT2D eigenvalue weighted by molar-refractivity contribution is 9.10. The molecule has 1 amide bonds. The highest BCUT2D eigenvalue weighted by atomic mass is 79.9. The molecule has 2 heterocycles. The van der Waals surface area contributed by atoms with Gasteiger partial charge in [-0.3, -0.25) is 4.98 Å². The maximum absolute atomic E-state index is 12.5. The Kier molecular flexibility index (Phi) is 5.87. The van der Waals surface area contributed by atoms with Crippen molar-refractivity contribution in [3.05, 3.63) is 22.9 Å². The second-order valence-electron chi connectivity index (χ2n) is 6.73. The minimum Gasteiger partial charge on any atom is -0.444 e. The van der Waals surface area contributed by atoms with E-state index in [9.17, 15) is 13.2 Å². The maximum Gasteiger partial charge on any atom is 0.410 e. The number of carbonyl (C=O) groups is 1. The molecular weight excluding hydrogens is 398 g/mol. The predicted molar refractivity (Wildman–Crippen MR) is 93.1 cm³/mol. The summed E-state index contributed by atoms with van der Waals surface area (Å²) in [6.07, 6.45) is 3.77. The van der Waals surface area contributed by atoms with Crippen molar-refractivity contribution in [1.29, 1.82) is 0 Å². The molecule has 0 saturated carbocycles. The minimum atomic E-state index is -3.69. The Bertz CT molecular complexity index is 703. The number of rotatable bonds is 3. The Hall–Kier alpha value is -1.19. The minimum absolute atomic E-state index is 0.0891. The Morgan fingerprint density at radius 2 is 2.12 bits per heavy atom. The summed E-state index contributed by atoms with van der Waals surface area (Å²) in [6, 6.07) is 1.14. The van der Waals surface area contributed by atoms with E-state index in [-0.39, 0.29) is 17.5 Å². The van der Waals surface area contributed by atoms with Crippen molar-refractivity contribution in [3.8, 4) is 0 Å². The molecule has 1 saturated heterocycles. The SMILES string of the molecule is CC(C)(C)OC(=O)N1CCCC(NS(=O)(=O)c2cncc(Br)c2)C1. The summed E-state index contributed by atoms with van der Waals surface area (Å²) < 4.78 is 33.5. The molecule has 24 heavy (non-hydrogen) atoms. The van der Waals surface area contributed by atoms with Crippen LogP contribution in [0.1, 0.15) is 33.6 Å². The van der Waals surface area contributed by atoms with E-state index in [4.69, 9.17) is 4.74 Å². The molecule has 1 N–H and O–H groups in total. The van der Waals surface area contributed by atoms with Gasteiger partial charge < -0.3 is 9.64 Å². The number of hydrogen-bond acceptors (Lipinski definition) is 5. The van der Waals surface area contributed by atoms with Crippen molar-refractivity contribution in [3.63, 3.8) is 0 Å². The fourth-order valence-corrected chi connectivity index (χ4v) is 4.16. The number of carbonyl (C=O) groups excluding carboxylic acids is 1. The van der Waals surface area contributed by atoms with Gasteiger partial charge in [-0.15, -0.1) is 0 Å². The lowest BCUT2D eigenvalue weighted by Crippen LogP contribution is -2.50. The van der Waals surface area contributed by atoms with Gasteiger partial charge in [-0.25, -0.2) is 17.9 Å². The van der Waals surface area contributed by atoms with Crippen molar-refractivity contribution >= 4 is 32.0 Å². The van der Waals surface area contributed by atoms with E-state index in [1.54, 1.807) is 25.7 Å². The standard InChI is InChI=1S/C15H22BrN3O4S/c1-15(2,3)23-14(20)19-6-4-5-12(10-19)18-24(21,22)13-7-11(16)8-17-9-13/h7-9,12,18H,4-6,10H2,1-3H3. The summed E-state index contributed by atoms with van der Waals surface area (Å²) in [7, 11) is -3.69. The van der Waals surface area contributed by atoms with Crippen molar-refractivity contribution in [1.82, 2.24) is 14.6 Å². The molecule has 1 aliphatic rings. The fourth-order valence-electron chi connectivity index (χ4n) is 2.39. The third-order valence-corrected chi connectivity index (χ3v) is 5.31. The first-order chi connectivity index (χ1) is 11.1. The molecule has 7 nitrogen and oxygen atoms in total. The smallest absolute Gasteiger partial charge is 0.410 e. The quantitative estimate of drug-likeness (QED) is 0.812. The van der Waals surface area contributed by atoms with Crippen LogP contribution >= 0.6 is 15.9 Å². The van der Waals surface area contributed by atoms with Crippen LogP contribution in [-0.2, 0) is 14.8 Å². The van der Waals surface area contributed by atoms with Gasteiger partial charge in [0.05, 0.1) is 0 Å². The van der Waals surface area contributed by atoms with Crippen LogP contribution in [0.5, 0.6) is 0 Å². The molecule has 1 fully saturated rings. The Morgan fingerprint density at radius 3 is 2.75 bits per heavy atom. The average Bonchev–Trinajstić information content (AvgIpc) is 2.45. The zero-order valence-electron chi connectivity index (χ0n) is 14.0. The molecule has 2 rings (SSSR count). The van der Waals surface area contributed by atoms with Gasteiger partial charge in [0.2, 0.25) is 10.0 Å². The molecule has 1 aromatic rings. The summed E-state index contributed by atoms with van der Waals surface area (Å²) in [4.78, 5) is 17.7. The Labute approximate surface area is 151 Å². The first-order valence-electron chi connectivity index (χ1n) is 7.68. The molecule has 134 valence electrons. The van der Waals surface area contributed by atoms with Gasteiger partial charge in [0.1, 0.15) is 10.5 Å². The lowest BCUT2D eigenvalue weighted by Gasteiger charge is -2.34. The lowest BCUT2D eigenvalue weighted by atomic mass is 10.1. The zero-order chi connectivity index (χ0) is 18.0. The largest absolute Gasteiger partial charge is 0.444 e. The number of piperidine rings is 1. The third-order valence-electron chi connectivity index (χ3n) is 3.38. The second kappa shape index (κ2) is 7.37. The number of halogens is 1. The van der Waals surface area contributed by atoms with E-state index < -0.39 is 21.7 Å². The maximum atomic E-state index is 12.5. The van der Waals surface area contributed by atoms with Gasteiger partial charge in [-0.2, -0.15) is 0 Å².